The molecule has 0 N–H and O–H groups in total. The number of carbonyl (C=O) groups excluding carboxylic acids is 1. The molecule has 0 aliphatic carbocycles. The Balaban J connectivity index is 2.08. The molecule has 110 valence electrons. The number of hydrogen-bond acceptors (Lipinski definition) is 2. The molecule has 2 aromatic carbocycles. The predicted molar refractivity (Wildman–Crippen MR) is 88.2 cm³/mol. The van der Waals surface area contributed by atoms with Crippen LogP contribution in [0.25, 0.3) is 0 Å². The number of ketones is 1. The van der Waals surface area contributed by atoms with Gasteiger partial charge in [-0.1, -0.05) is 47.5 Å². The van der Waals surface area contributed by atoms with Gasteiger partial charge < -0.3 is 0 Å². The van der Waals surface area contributed by atoms with Crippen LogP contribution in [0.2, 0.25) is 10.0 Å². The lowest BCUT2D eigenvalue weighted by atomic mass is 10.0. The predicted octanol–water partition coefficient (Wildman–Crippen LogP) is 4.70. The molecule has 0 saturated carbocycles. The van der Waals surface area contributed by atoms with Crippen molar-refractivity contribution in [1.29, 1.82) is 0 Å². The van der Waals surface area contributed by atoms with Crippen molar-refractivity contribution >= 4 is 29.0 Å². The first kappa shape index (κ1) is 16.0. The van der Waals surface area contributed by atoms with Crippen LogP contribution in [0.3, 0.4) is 0 Å². The summed E-state index contributed by atoms with van der Waals surface area (Å²) >= 11 is 11.9. The van der Waals surface area contributed by atoms with Crippen LogP contribution >= 0.6 is 23.2 Å². The molecule has 1 atom stereocenters. The Bertz CT molecular complexity index is 642. The summed E-state index contributed by atoms with van der Waals surface area (Å²) < 4.78 is 0. The van der Waals surface area contributed by atoms with Crippen molar-refractivity contribution in [2.24, 2.45) is 0 Å². The second kappa shape index (κ2) is 7.08. The molecule has 4 heteroatoms. The van der Waals surface area contributed by atoms with Gasteiger partial charge in [0.15, 0.2) is 5.78 Å². The van der Waals surface area contributed by atoms with Gasteiger partial charge in [-0.2, -0.15) is 0 Å². The van der Waals surface area contributed by atoms with Gasteiger partial charge in [-0.15, -0.1) is 0 Å². The Morgan fingerprint density at radius 1 is 1.10 bits per heavy atom. The van der Waals surface area contributed by atoms with Gasteiger partial charge in [0, 0.05) is 22.2 Å². The van der Waals surface area contributed by atoms with Crippen LogP contribution < -0.4 is 0 Å². The van der Waals surface area contributed by atoms with Crippen LogP contribution in [-0.2, 0) is 6.54 Å². The van der Waals surface area contributed by atoms with Crippen LogP contribution in [0.15, 0.2) is 48.5 Å². The van der Waals surface area contributed by atoms with Crippen LogP contribution in [0.5, 0.6) is 0 Å². The minimum Gasteiger partial charge on any atom is -0.292 e. The van der Waals surface area contributed by atoms with Gasteiger partial charge in [0.1, 0.15) is 0 Å². The first-order valence-electron chi connectivity index (χ1n) is 6.72. The third-order valence-electron chi connectivity index (χ3n) is 3.47. The quantitative estimate of drug-likeness (QED) is 0.744. The van der Waals surface area contributed by atoms with Gasteiger partial charge in [0.05, 0.1) is 6.04 Å². The molecule has 0 amide bonds. The fourth-order valence-electron chi connectivity index (χ4n) is 2.14. The molecular weight excluding hydrogens is 305 g/mol. The summed E-state index contributed by atoms with van der Waals surface area (Å²) in [5, 5.41) is 1.28. The monoisotopic (exact) mass is 321 g/mol. The van der Waals surface area contributed by atoms with E-state index in [2.05, 4.69) is 0 Å². The molecular formula is C17H17Cl2NO. The van der Waals surface area contributed by atoms with Crippen LogP contribution in [-0.4, -0.2) is 23.8 Å². The lowest BCUT2D eigenvalue weighted by Gasteiger charge is -2.23. The number of benzene rings is 2. The third kappa shape index (κ3) is 4.31. The second-order valence-electron chi connectivity index (χ2n) is 5.10. The number of halogens is 2. The van der Waals surface area contributed by atoms with Crippen molar-refractivity contribution in [2.75, 3.05) is 7.05 Å². The highest BCUT2D eigenvalue weighted by Crippen LogP contribution is 2.17. The maximum atomic E-state index is 12.5. The molecule has 0 aliphatic heterocycles. The van der Waals surface area contributed by atoms with Crippen LogP contribution in [0.4, 0.5) is 0 Å². The topological polar surface area (TPSA) is 20.3 Å². The summed E-state index contributed by atoms with van der Waals surface area (Å²) in [5.41, 5.74) is 1.71. The molecule has 1 unspecified atom stereocenters. The second-order valence-corrected chi connectivity index (χ2v) is 5.97. The van der Waals surface area contributed by atoms with Gasteiger partial charge >= 0.3 is 0 Å². The minimum atomic E-state index is -0.234. The molecule has 0 fully saturated rings. The van der Waals surface area contributed by atoms with Crippen molar-refractivity contribution in [1.82, 2.24) is 4.90 Å². The van der Waals surface area contributed by atoms with Crippen molar-refractivity contribution in [3.63, 3.8) is 0 Å². The van der Waals surface area contributed by atoms with Crippen LogP contribution in [0, 0.1) is 0 Å². The molecule has 2 nitrogen and oxygen atoms in total. The van der Waals surface area contributed by atoms with E-state index in [1.165, 1.54) is 0 Å². The van der Waals surface area contributed by atoms with Gasteiger partial charge in [-0.3, -0.25) is 9.69 Å². The number of Topliss-reactive ketones (excluding diaryl/α,β-unsaturated/α-hetero) is 1. The molecule has 0 spiro atoms. The normalized spacial score (nSPS) is 12.4. The number of likely N-dealkylation sites (N-methyl/N-ethyl adjacent to an activating group) is 1. The van der Waals surface area contributed by atoms with Gasteiger partial charge in [-0.25, -0.2) is 0 Å². The number of nitrogens with zero attached hydrogens (tertiary/aromatic N) is 1. The number of carbonyl (C=O) groups is 1. The molecule has 0 aromatic heterocycles. The summed E-state index contributed by atoms with van der Waals surface area (Å²) in [5.74, 6) is 0.0574. The van der Waals surface area contributed by atoms with Crippen molar-refractivity contribution in [3.8, 4) is 0 Å². The van der Waals surface area contributed by atoms with E-state index in [0.717, 1.165) is 5.56 Å². The van der Waals surface area contributed by atoms with Gasteiger partial charge in [-0.05, 0) is 43.8 Å². The molecule has 0 saturated heterocycles. The fraction of sp³-hybridized carbons (Fsp3) is 0.235. The zero-order valence-electron chi connectivity index (χ0n) is 12.0. The fourth-order valence-corrected chi connectivity index (χ4v) is 2.55. The molecule has 2 rings (SSSR count). The smallest absolute Gasteiger partial charge is 0.179 e. The van der Waals surface area contributed by atoms with E-state index in [0.29, 0.717) is 22.2 Å². The van der Waals surface area contributed by atoms with E-state index >= 15 is 0 Å². The molecule has 2 aromatic rings. The van der Waals surface area contributed by atoms with E-state index in [-0.39, 0.29) is 11.8 Å². The average molecular weight is 322 g/mol. The zero-order valence-corrected chi connectivity index (χ0v) is 13.5. The lowest BCUT2D eigenvalue weighted by molar-refractivity contribution is 0.0862. The summed E-state index contributed by atoms with van der Waals surface area (Å²) in [6.45, 7) is 2.56. The summed E-state index contributed by atoms with van der Waals surface area (Å²) in [7, 11) is 1.92. The van der Waals surface area contributed by atoms with E-state index in [4.69, 9.17) is 23.2 Å². The van der Waals surface area contributed by atoms with E-state index < -0.39 is 0 Å². The zero-order chi connectivity index (χ0) is 15.4. The maximum Gasteiger partial charge on any atom is 0.179 e. The Morgan fingerprint density at radius 2 is 1.71 bits per heavy atom. The molecule has 0 radical (unpaired) electrons. The molecule has 21 heavy (non-hydrogen) atoms. The van der Waals surface area contributed by atoms with E-state index in [9.17, 15) is 4.79 Å². The first-order valence-corrected chi connectivity index (χ1v) is 7.47. The Hall–Kier alpha value is -1.35. The summed E-state index contributed by atoms with van der Waals surface area (Å²) in [4.78, 5) is 14.5. The highest BCUT2D eigenvalue weighted by Gasteiger charge is 2.19. The minimum absolute atomic E-state index is 0.0574. The van der Waals surface area contributed by atoms with Gasteiger partial charge in [0.25, 0.3) is 0 Å². The highest BCUT2D eigenvalue weighted by atomic mass is 35.5. The SMILES string of the molecule is CC(C(=O)c1cccc(Cl)c1)N(C)Cc1cccc(Cl)c1. The summed E-state index contributed by atoms with van der Waals surface area (Å²) in [6, 6.07) is 14.5. The van der Waals surface area contributed by atoms with Crippen molar-refractivity contribution in [3.05, 3.63) is 69.7 Å². The van der Waals surface area contributed by atoms with Crippen LogP contribution in [0.1, 0.15) is 22.8 Å². The molecule has 0 aliphatic rings. The first-order chi connectivity index (χ1) is 9.97. The maximum absolute atomic E-state index is 12.5. The summed E-state index contributed by atoms with van der Waals surface area (Å²) in [6.07, 6.45) is 0. The number of hydrogen-bond donors (Lipinski definition) is 0. The molecule has 0 bridgehead atoms. The van der Waals surface area contributed by atoms with Gasteiger partial charge in [0.2, 0.25) is 0 Å². The average Bonchev–Trinajstić information content (AvgIpc) is 2.45. The Kier molecular flexibility index (Phi) is 5.40. The lowest BCUT2D eigenvalue weighted by Crippen LogP contribution is -2.35. The highest BCUT2D eigenvalue weighted by molar-refractivity contribution is 6.31. The molecule has 0 heterocycles. The van der Waals surface area contributed by atoms with E-state index in [1.807, 2.05) is 43.1 Å². The van der Waals surface area contributed by atoms with E-state index in [1.54, 1.807) is 24.3 Å². The standard InChI is InChI=1S/C17H17Cl2NO/c1-12(17(21)14-6-4-8-16(19)10-14)20(2)11-13-5-3-7-15(18)9-13/h3-10,12H,11H2,1-2H3. The Morgan fingerprint density at radius 3 is 2.33 bits per heavy atom. The van der Waals surface area contributed by atoms with Crippen molar-refractivity contribution in [2.45, 2.75) is 19.5 Å². The van der Waals surface area contributed by atoms with Crippen molar-refractivity contribution < 1.29 is 4.79 Å². The third-order valence-corrected chi connectivity index (χ3v) is 3.94. The Labute approximate surface area is 135 Å². The largest absolute Gasteiger partial charge is 0.292 e. The number of rotatable bonds is 5.